The first-order chi connectivity index (χ1) is 30.0. The van der Waals surface area contributed by atoms with Crippen molar-refractivity contribution in [1.82, 2.24) is 0 Å². The lowest BCUT2D eigenvalue weighted by Crippen LogP contribution is -2.45. The van der Waals surface area contributed by atoms with Crippen LogP contribution in [0.15, 0.2) is 146 Å². The summed E-state index contributed by atoms with van der Waals surface area (Å²) in [6.45, 7) is 24.0. The molecule has 0 aromatic heterocycles. The van der Waals surface area contributed by atoms with Crippen LogP contribution in [-0.2, 0) is 39.8 Å². The lowest BCUT2D eigenvalue weighted by molar-refractivity contribution is -0.0674. The van der Waals surface area contributed by atoms with E-state index < -0.39 is 22.6 Å². The van der Waals surface area contributed by atoms with Gasteiger partial charge in [-0.05, 0) is 58.4 Å². The van der Waals surface area contributed by atoms with Crippen LogP contribution in [-0.4, -0.2) is 26.4 Å². The molecule has 328 valence electrons. The molecule has 0 atom stereocenters. The van der Waals surface area contributed by atoms with Crippen LogP contribution in [0.25, 0.3) is 0 Å². The van der Waals surface area contributed by atoms with Gasteiger partial charge in [-0.3, -0.25) is 0 Å². The molecule has 1 spiro atoms. The number of rotatable bonds is 12. The first-order valence-corrected chi connectivity index (χ1v) is 24.2. The number of hydrogen-bond acceptors (Lipinski definition) is 6. The van der Waals surface area contributed by atoms with E-state index in [-0.39, 0.29) is 21.7 Å². The molecule has 0 bridgehead atoms. The van der Waals surface area contributed by atoms with Gasteiger partial charge in [0.25, 0.3) is 0 Å². The molecule has 8 rings (SSSR count). The predicted molar refractivity (Wildman–Crippen MR) is 258 cm³/mol. The Hall–Kier alpha value is -4.38. The quantitative estimate of drug-likeness (QED) is 0.114. The average molecular weight is 881 g/mol. The second-order valence-corrected chi connectivity index (χ2v) is 21.8. The normalized spacial score (nSPS) is 19.8. The zero-order valence-corrected chi connectivity index (χ0v) is 40.3. The Morgan fingerprint density at radius 1 is 0.381 bits per heavy atom. The maximum Gasteiger partial charge on any atom is 0.397 e. The average Bonchev–Trinajstić information content (AvgIpc) is 3.30. The fourth-order valence-corrected chi connectivity index (χ4v) is 11.5. The molecule has 2 aliphatic rings. The highest BCUT2D eigenvalue weighted by atomic mass is 31.2. The van der Waals surface area contributed by atoms with Crippen molar-refractivity contribution < 1.29 is 27.1 Å². The third kappa shape index (κ3) is 9.14. The molecule has 0 radical (unpaired) electrons. The Morgan fingerprint density at radius 3 is 0.937 bits per heavy atom. The van der Waals surface area contributed by atoms with Crippen molar-refractivity contribution in [2.75, 3.05) is 26.4 Å². The van der Waals surface area contributed by atoms with Crippen molar-refractivity contribution in [2.24, 2.45) is 5.41 Å². The molecule has 0 saturated carbocycles. The Kier molecular flexibility index (Phi) is 12.8. The van der Waals surface area contributed by atoms with Gasteiger partial charge in [-0.15, -0.1) is 0 Å². The minimum atomic E-state index is -1.69. The van der Waals surface area contributed by atoms with Gasteiger partial charge >= 0.3 is 17.2 Å². The van der Waals surface area contributed by atoms with Crippen molar-refractivity contribution in [3.63, 3.8) is 0 Å². The van der Waals surface area contributed by atoms with Crippen LogP contribution in [0.1, 0.15) is 111 Å². The van der Waals surface area contributed by atoms with Gasteiger partial charge in [0.2, 0.25) is 0 Å². The lowest BCUT2D eigenvalue weighted by atomic mass is 9.72. The highest BCUT2D eigenvalue weighted by Crippen LogP contribution is 2.56. The summed E-state index contributed by atoms with van der Waals surface area (Å²) < 4.78 is 39.5. The molecule has 2 fully saturated rings. The molecule has 2 aliphatic heterocycles. The van der Waals surface area contributed by atoms with Gasteiger partial charge in [0.15, 0.2) is 0 Å². The molecule has 0 amide bonds. The van der Waals surface area contributed by atoms with Crippen LogP contribution in [0, 0.1) is 19.3 Å². The first-order valence-electron chi connectivity index (χ1n) is 22.0. The molecular weight excluding hydrogens is 819 g/mol. The molecule has 2 heterocycles. The van der Waals surface area contributed by atoms with Gasteiger partial charge in [0.1, 0.15) is 11.5 Å². The number of hydrogen-bond donors (Lipinski definition) is 0. The Morgan fingerprint density at radius 2 is 0.651 bits per heavy atom. The fraction of sp³-hybridized carbons (Fsp3) is 0.345. The summed E-state index contributed by atoms with van der Waals surface area (Å²) in [7, 11) is -3.38. The van der Waals surface area contributed by atoms with Crippen LogP contribution in [0.4, 0.5) is 0 Å². The molecule has 6 nitrogen and oxygen atoms in total. The largest absolute Gasteiger partial charge is 0.426 e. The summed E-state index contributed by atoms with van der Waals surface area (Å²) in [5, 5.41) is 0. The van der Waals surface area contributed by atoms with Gasteiger partial charge < -0.3 is 27.1 Å². The van der Waals surface area contributed by atoms with Gasteiger partial charge in [-0.1, -0.05) is 201 Å². The monoisotopic (exact) mass is 880 g/mol. The third-order valence-corrected chi connectivity index (χ3v) is 15.6. The van der Waals surface area contributed by atoms with Crippen LogP contribution in [0.3, 0.4) is 0 Å². The molecule has 0 N–H and O–H groups in total. The van der Waals surface area contributed by atoms with E-state index in [0.717, 1.165) is 33.8 Å². The van der Waals surface area contributed by atoms with Crippen LogP contribution < -0.4 is 9.05 Å². The summed E-state index contributed by atoms with van der Waals surface area (Å²) in [6.07, 6.45) is 0. The zero-order chi connectivity index (χ0) is 44.6. The van der Waals surface area contributed by atoms with E-state index in [4.69, 9.17) is 27.1 Å². The van der Waals surface area contributed by atoms with Crippen molar-refractivity contribution >= 4 is 17.2 Å². The van der Waals surface area contributed by atoms with E-state index >= 15 is 0 Å². The van der Waals surface area contributed by atoms with Crippen LogP contribution in [0.5, 0.6) is 11.5 Å². The SMILES string of the molecule is Cc1cc(C(C)(C)c2ccccc2)cc(C(C)(C)c2ccccc2)c1OP1OCC2(CO1)COP(Oc1c(C)cc(C(C)(C)c3ccccc3)cc1C(C)(C)c1ccccc1)OC2. The maximum atomic E-state index is 6.81. The molecule has 8 heteroatoms. The predicted octanol–water partition coefficient (Wildman–Crippen LogP) is 14.6. The first kappa shape index (κ1) is 45.2. The van der Waals surface area contributed by atoms with Crippen LogP contribution >= 0.6 is 17.2 Å². The summed E-state index contributed by atoms with van der Waals surface area (Å²) in [6, 6.07) is 51.8. The van der Waals surface area contributed by atoms with Gasteiger partial charge in [-0.2, -0.15) is 0 Å². The molecule has 0 unspecified atom stereocenters. The summed E-state index contributed by atoms with van der Waals surface area (Å²) in [5.74, 6) is 1.60. The third-order valence-electron chi connectivity index (χ3n) is 13.6. The minimum absolute atomic E-state index is 0.229. The minimum Gasteiger partial charge on any atom is -0.426 e. The summed E-state index contributed by atoms with van der Waals surface area (Å²) in [5.41, 5.74) is 9.96. The van der Waals surface area contributed by atoms with Crippen LogP contribution in [0.2, 0.25) is 0 Å². The number of benzene rings is 6. The van der Waals surface area contributed by atoms with E-state index in [1.807, 2.05) is 0 Å². The molecule has 6 aromatic rings. The Balaban J connectivity index is 0.998. The molecule has 6 aromatic carbocycles. The number of aryl methyl sites for hydroxylation is 2. The molecule has 2 saturated heterocycles. The van der Waals surface area contributed by atoms with E-state index in [2.05, 4.69) is 215 Å². The molecule has 0 aliphatic carbocycles. The lowest BCUT2D eigenvalue weighted by Gasteiger charge is -2.42. The maximum absolute atomic E-state index is 6.81. The fourth-order valence-electron chi connectivity index (χ4n) is 8.84. The van der Waals surface area contributed by atoms with Crippen molar-refractivity contribution in [1.29, 1.82) is 0 Å². The van der Waals surface area contributed by atoms with Crippen molar-refractivity contribution in [2.45, 2.75) is 90.9 Å². The van der Waals surface area contributed by atoms with E-state index in [0.29, 0.717) is 26.4 Å². The molecular formula is C55H62O6P2. The van der Waals surface area contributed by atoms with Gasteiger partial charge in [0.05, 0.1) is 31.8 Å². The van der Waals surface area contributed by atoms with Crippen molar-refractivity contribution in [3.8, 4) is 11.5 Å². The second kappa shape index (κ2) is 17.9. The Labute approximate surface area is 378 Å². The standard InChI is InChI=1S/C55H62O6P2/c1-39-31-45(51(3,4)41-23-15-11-16-24-41)33-47(53(7,8)43-27-19-13-20-28-43)49(39)60-62-56-35-55(36-57-62)37-58-63(59-38-55)61-50-40(2)32-46(52(5,6)42-25-17-12-18-26-42)34-48(50)54(9,10)44-29-21-14-22-30-44/h11-34H,35-38H2,1-10H3. The zero-order valence-electron chi connectivity index (χ0n) is 38.5. The Bertz CT molecular complexity index is 2310. The second-order valence-electron chi connectivity index (χ2n) is 19.5. The summed E-state index contributed by atoms with van der Waals surface area (Å²) in [4.78, 5) is 0. The smallest absolute Gasteiger partial charge is 0.397 e. The summed E-state index contributed by atoms with van der Waals surface area (Å²) >= 11 is 0. The highest BCUT2D eigenvalue weighted by Gasteiger charge is 2.46. The van der Waals surface area contributed by atoms with Gasteiger partial charge in [-0.25, -0.2) is 0 Å². The topological polar surface area (TPSA) is 55.4 Å². The molecule has 63 heavy (non-hydrogen) atoms. The van der Waals surface area contributed by atoms with Crippen molar-refractivity contribution in [3.05, 3.63) is 201 Å². The van der Waals surface area contributed by atoms with E-state index in [1.54, 1.807) is 0 Å². The highest BCUT2D eigenvalue weighted by molar-refractivity contribution is 7.42. The van der Waals surface area contributed by atoms with E-state index in [1.165, 1.54) is 33.4 Å². The van der Waals surface area contributed by atoms with Gasteiger partial charge in [0, 0.05) is 32.8 Å². The van der Waals surface area contributed by atoms with E-state index in [9.17, 15) is 0 Å².